The van der Waals surface area contributed by atoms with Crippen LogP contribution in [-0.2, 0) is 9.47 Å². The van der Waals surface area contributed by atoms with E-state index in [1.54, 1.807) is 6.07 Å². The highest BCUT2D eigenvalue weighted by Gasteiger charge is 2.28. The highest BCUT2D eigenvalue weighted by molar-refractivity contribution is 9.11. The molecule has 1 fully saturated rings. The number of aromatic nitrogens is 2. The van der Waals surface area contributed by atoms with Crippen LogP contribution < -0.4 is 11.2 Å². The monoisotopic (exact) mass is 374 g/mol. The number of nitrogens with zero attached hydrogens (tertiary/aromatic N) is 1. The van der Waals surface area contributed by atoms with E-state index in [4.69, 9.17) is 14.6 Å². The average Bonchev–Trinajstić information content (AvgIpc) is 3.08. The van der Waals surface area contributed by atoms with Crippen molar-refractivity contribution < 1.29 is 14.6 Å². The Morgan fingerprint density at radius 3 is 2.90 bits per heavy atom. The van der Waals surface area contributed by atoms with E-state index >= 15 is 0 Å². The lowest BCUT2D eigenvalue weighted by molar-refractivity contribution is -0.0992. The summed E-state index contributed by atoms with van der Waals surface area (Å²) in [5.41, 5.74) is -0.656. The molecule has 1 saturated heterocycles. The van der Waals surface area contributed by atoms with Gasteiger partial charge in [-0.25, -0.2) is 4.79 Å². The lowest BCUT2D eigenvalue weighted by atomic mass is 10.3. The number of nitrogens with one attached hydrogen (secondary N) is 1. The summed E-state index contributed by atoms with van der Waals surface area (Å²) in [7, 11) is 0. The summed E-state index contributed by atoms with van der Waals surface area (Å²) >= 11 is 4.72. The van der Waals surface area contributed by atoms with Crippen molar-refractivity contribution in [2.75, 3.05) is 13.2 Å². The quantitative estimate of drug-likeness (QED) is 0.831. The molecule has 2 aromatic rings. The zero-order valence-electron chi connectivity index (χ0n) is 10.6. The number of rotatable bonds is 3. The van der Waals surface area contributed by atoms with Crippen molar-refractivity contribution in [1.82, 2.24) is 9.55 Å². The van der Waals surface area contributed by atoms with Crippen molar-refractivity contribution in [3.63, 3.8) is 0 Å². The van der Waals surface area contributed by atoms with E-state index in [-0.39, 0.29) is 13.2 Å². The molecule has 0 amide bonds. The molecule has 0 spiro atoms. The van der Waals surface area contributed by atoms with Crippen LogP contribution in [0.4, 0.5) is 0 Å². The summed E-state index contributed by atoms with van der Waals surface area (Å²) in [6.07, 6.45) is 0.0227. The third-order valence-electron chi connectivity index (χ3n) is 3.00. The second kappa shape index (κ2) is 5.85. The molecule has 3 rings (SSSR count). The van der Waals surface area contributed by atoms with Crippen LogP contribution in [0.25, 0.3) is 10.4 Å². The van der Waals surface area contributed by atoms with Gasteiger partial charge in [-0.15, -0.1) is 11.3 Å². The predicted octanol–water partition coefficient (Wildman–Crippen LogP) is 0.891. The van der Waals surface area contributed by atoms with E-state index < -0.39 is 23.8 Å². The van der Waals surface area contributed by atoms with Gasteiger partial charge in [-0.2, -0.15) is 0 Å². The van der Waals surface area contributed by atoms with Crippen molar-refractivity contribution in [3.8, 4) is 10.4 Å². The van der Waals surface area contributed by atoms with Gasteiger partial charge in [-0.05, 0) is 28.1 Å². The number of aliphatic hydroxyl groups is 1. The molecule has 7 nitrogen and oxygen atoms in total. The Bertz CT molecular complexity index is 767. The molecule has 9 heteroatoms. The summed E-state index contributed by atoms with van der Waals surface area (Å²) in [6, 6.07) is 3.61. The van der Waals surface area contributed by atoms with Crippen molar-refractivity contribution in [3.05, 3.63) is 43.0 Å². The van der Waals surface area contributed by atoms with Gasteiger partial charge in [0.25, 0.3) is 5.56 Å². The van der Waals surface area contributed by atoms with Crippen molar-refractivity contribution in [1.29, 1.82) is 0 Å². The van der Waals surface area contributed by atoms with Gasteiger partial charge in [-0.1, -0.05) is 0 Å². The summed E-state index contributed by atoms with van der Waals surface area (Å²) in [6.45, 7) is -0.163. The Kier molecular flexibility index (Phi) is 4.09. The first kappa shape index (κ1) is 14.7. The van der Waals surface area contributed by atoms with Gasteiger partial charge >= 0.3 is 5.69 Å². The van der Waals surface area contributed by atoms with E-state index in [1.165, 1.54) is 22.1 Å². The zero-order chi connectivity index (χ0) is 15.0. The SMILES string of the molecule is O=c1[nH]c(=O)n([C@H]2CO[C@@H](CO)O2)cc1-c1ccc(Br)s1. The number of ether oxygens (including phenoxy) is 2. The Morgan fingerprint density at radius 2 is 2.29 bits per heavy atom. The number of hydrogen-bond acceptors (Lipinski definition) is 6. The van der Waals surface area contributed by atoms with Gasteiger partial charge in [0.2, 0.25) is 0 Å². The first-order valence-electron chi connectivity index (χ1n) is 6.07. The van der Waals surface area contributed by atoms with Crippen LogP contribution in [0.3, 0.4) is 0 Å². The summed E-state index contributed by atoms with van der Waals surface area (Å²) in [5, 5.41) is 8.98. The molecule has 0 saturated carbocycles. The molecule has 1 aliphatic rings. The summed E-state index contributed by atoms with van der Waals surface area (Å²) < 4.78 is 12.7. The van der Waals surface area contributed by atoms with Gasteiger partial charge in [0.05, 0.1) is 22.6 Å². The van der Waals surface area contributed by atoms with E-state index in [0.29, 0.717) is 5.56 Å². The fraction of sp³-hybridized carbons (Fsp3) is 0.333. The van der Waals surface area contributed by atoms with E-state index in [9.17, 15) is 9.59 Å². The third-order valence-corrected chi connectivity index (χ3v) is 4.66. The first-order valence-corrected chi connectivity index (χ1v) is 7.68. The highest BCUT2D eigenvalue weighted by Crippen LogP contribution is 2.29. The van der Waals surface area contributed by atoms with Gasteiger partial charge in [0.1, 0.15) is 0 Å². The van der Waals surface area contributed by atoms with Crippen molar-refractivity contribution >= 4 is 27.3 Å². The van der Waals surface area contributed by atoms with E-state index in [0.717, 1.165) is 8.66 Å². The van der Waals surface area contributed by atoms with Crippen LogP contribution in [0.2, 0.25) is 0 Å². The highest BCUT2D eigenvalue weighted by atomic mass is 79.9. The first-order chi connectivity index (χ1) is 10.1. The normalized spacial score (nSPS) is 21.8. The zero-order valence-corrected chi connectivity index (χ0v) is 13.0. The fourth-order valence-corrected chi connectivity index (χ4v) is 3.41. The maximum atomic E-state index is 11.9. The standard InChI is InChI=1S/C12H11BrN2O5S/c13-8-2-1-7(21-8)6-3-15(12(18)14-11(6)17)9-5-19-10(4-16)20-9/h1-3,9-10,16H,4-5H2,(H,14,17,18)/t9-,10-/m1/s1. The molecule has 0 unspecified atom stereocenters. The van der Waals surface area contributed by atoms with Gasteiger partial charge < -0.3 is 14.6 Å². The van der Waals surface area contributed by atoms with Crippen LogP contribution in [0.15, 0.2) is 31.7 Å². The minimum atomic E-state index is -0.756. The minimum Gasteiger partial charge on any atom is -0.391 e. The lowest BCUT2D eigenvalue weighted by Crippen LogP contribution is -2.33. The molecule has 21 heavy (non-hydrogen) atoms. The Balaban J connectivity index is 2.02. The van der Waals surface area contributed by atoms with Gasteiger partial charge in [-0.3, -0.25) is 14.3 Å². The summed E-state index contributed by atoms with van der Waals surface area (Å²) in [5.74, 6) is 0. The molecule has 1 aliphatic heterocycles. The fourth-order valence-electron chi connectivity index (χ4n) is 2.02. The number of hydrogen-bond donors (Lipinski definition) is 2. The van der Waals surface area contributed by atoms with Crippen LogP contribution in [0.5, 0.6) is 0 Å². The van der Waals surface area contributed by atoms with Crippen LogP contribution in [0.1, 0.15) is 6.23 Å². The third kappa shape index (κ3) is 2.87. The average molecular weight is 375 g/mol. The van der Waals surface area contributed by atoms with E-state index in [1.807, 2.05) is 6.07 Å². The van der Waals surface area contributed by atoms with Crippen molar-refractivity contribution in [2.24, 2.45) is 0 Å². The van der Waals surface area contributed by atoms with Gasteiger partial charge in [0, 0.05) is 11.1 Å². The van der Waals surface area contributed by atoms with Crippen molar-refractivity contribution in [2.45, 2.75) is 12.5 Å². The van der Waals surface area contributed by atoms with Crippen LogP contribution in [-0.4, -0.2) is 34.2 Å². The largest absolute Gasteiger partial charge is 0.391 e. The maximum absolute atomic E-state index is 11.9. The van der Waals surface area contributed by atoms with Gasteiger partial charge in [0.15, 0.2) is 12.5 Å². The predicted molar refractivity (Wildman–Crippen MR) is 79.3 cm³/mol. The number of aromatic amines is 1. The molecular weight excluding hydrogens is 364 g/mol. The molecule has 2 aromatic heterocycles. The number of halogens is 1. The van der Waals surface area contributed by atoms with Crippen LogP contribution >= 0.6 is 27.3 Å². The van der Waals surface area contributed by atoms with Crippen LogP contribution in [0, 0.1) is 0 Å². The molecule has 3 heterocycles. The number of H-pyrrole nitrogens is 1. The van der Waals surface area contributed by atoms with E-state index in [2.05, 4.69) is 20.9 Å². The topological polar surface area (TPSA) is 93.6 Å². The number of thiophene rings is 1. The Hall–Kier alpha value is -1.26. The molecule has 0 aliphatic carbocycles. The molecule has 112 valence electrons. The molecule has 0 radical (unpaired) electrons. The second-order valence-electron chi connectivity index (χ2n) is 4.35. The maximum Gasteiger partial charge on any atom is 0.330 e. The Labute approximate surface area is 130 Å². The number of aliphatic hydroxyl groups excluding tert-OH is 1. The lowest BCUT2D eigenvalue weighted by Gasteiger charge is -2.13. The molecule has 0 bridgehead atoms. The molecule has 0 aromatic carbocycles. The Morgan fingerprint density at radius 1 is 1.48 bits per heavy atom. The second-order valence-corrected chi connectivity index (χ2v) is 6.81. The molecule has 2 N–H and O–H groups in total. The minimum absolute atomic E-state index is 0.130. The molecular formula is C12H11BrN2O5S. The molecule has 2 atom stereocenters. The summed E-state index contributed by atoms with van der Waals surface area (Å²) in [4.78, 5) is 26.9. The smallest absolute Gasteiger partial charge is 0.330 e.